The summed E-state index contributed by atoms with van der Waals surface area (Å²) in [4.78, 5) is 11.7. The molecule has 1 heterocycles. The third kappa shape index (κ3) is 2.65. The Kier molecular flexibility index (Phi) is 3.16. The second-order valence-corrected chi connectivity index (χ2v) is 5.26. The zero-order chi connectivity index (χ0) is 10.7. The van der Waals surface area contributed by atoms with Crippen LogP contribution in [0.25, 0.3) is 0 Å². The number of nitrogens with one attached hydrogen (secondary N) is 1. The molecular formula is C11H13NO2S. The Morgan fingerprint density at radius 1 is 1.33 bits per heavy atom. The fourth-order valence-electron chi connectivity index (χ4n) is 1.64. The summed E-state index contributed by atoms with van der Waals surface area (Å²) in [5.74, 6) is 1.23. The molecule has 0 aromatic heterocycles. The number of hydrogen-bond acceptors (Lipinski definition) is 2. The van der Waals surface area contributed by atoms with E-state index in [1.165, 1.54) is 0 Å². The van der Waals surface area contributed by atoms with Gasteiger partial charge in [-0.25, -0.2) is 0 Å². The van der Waals surface area contributed by atoms with E-state index in [1.807, 2.05) is 18.2 Å². The molecule has 3 nitrogen and oxygen atoms in total. The molecule has 2 rings (SSSR count). The van der Waals surface area contributed by atoms with Gasteiger partial charge in [-0.2, -0.15) is 0 Å². The van der Waals surface area contributed by atoms with E-state index in [9.17, 15) is 9.00 Å². The van der Waals surface area contributed by atoms with E-state index in [4.69, 9.17) is 0 Å². The van der Waals surface area contributed by atoms with Crippen LogP contribution in [0.5, 0.6) is 0 Å². The van der Waals surface area contributed by atoms with Crippen molar-refractivity contribution in [3.63, 3.8) is 0 Å². The predicted molar refractivity (Wildman–Crippen MR) is 60.2 cm³/mol. The Bertz CT molecular complexity index is 377. The van der Waals surface area contributed by atoms with Crippen LogP contribution in [0.3, 0.4) is 0 Å². The molecule has 0 aliphatic carbocycles. The van der Waals surface area contributed by atoms with Crippen LogP contribution < -0.4 is 5.32 Å². The van der Waals surface area contributed by atoms with Crippen LogP contribution in [0.4, 0.5) is 0 Å². The predicted octanol–water partition coefficient (Wildman–Crippen LogP) is 0.937. The number of amides is 1. The molecule has 1 saturated heterocycles. The smallest absolute Gasteiger partial charge is 0.251 e. The Morgan fingerprint density at radius 2 is 2.07 bits per heavy atom. The fraction of sp³-hybridized carbons (Fsp3) is 0.364. The minimum absolute atomic E-state index is 0.0699. The van der Waals surface area contributed by atoms with Gasteiger partial charge in [0.1, 0.15) is 0 Å². The molecule has 0 saturated carbocycles. The molecule has 0 spiro atoms. The van der Waals surface area contributed by atoms with Crippen molar-refractivity contribution in [2.45, 2.75) is 12.5 Å². The molecule has 1 aromatic carbocycles. The Labute approximate surface area is 91.3 Å². The number of carbonyl (C=O) groups is 1. The van der Waals surface area contributed by atoms with Crippen molar-refractivity contribution < 1.29 is 9.00 Å². The lowest BCUT2D eigenvalue weighted by Gasteiger charge is -2.10. The van der Waals surface area contributed by atoms with Crippen molar-refractivity contribution >= 4 is 16.7 Å². The maximum atomic E-state index is 11.7. The van der Waals surface area contributed by atoms with Crippen LogP contribution in [0, 0.1) is 0 Å². The second kappa shape index (κ2) is 4.57. The van der Waals surface area contributed by atoms with Gasteiger partial charge in [-0.15, -0.1) is 0 Å². The molecule has 0 radical (unpaired) electrons. The quantitative estimate of drug-likeness (QED) is 0.811. The van der Waals surface area contributed by atoms with Crippen LogP contribution in [0.1, 0.15) is 16.8 Å². The first kappa shape index (κ1) is 10.4. The molecule has 80 valence electrons. The van der Waals surface area contributed by atoms with Gasteiger partial charge in [0.2, 0.25) is 0 Å². The van der Waals surface area contributed by atoms with Gasteiger partial charge in [0.05, 0.1) is 0 Å². The lowest BCUT2D eigenvalue weighted by Crippen LogP contribution is -2.35. The van der Waals surface area contributed by atoms with E-state index in [0.29, 0.717) is 17.1 Å². The van der Waals surface area contributed by atoms with Crippen molar-refractivity contribution in [2.75, 3.05) is 11.5 Å². The number of hydrogen-bond donors (Lipinski definition) is 1. The first-order valence-electron chi connectivity index (χ1n) is 4.96. The van der Waals surface area contributed by atoms with Crippen molar-refractivity contribution in [3.8, 4) is 0 Å². The molecule has 1 aromatic rings. The summed E-state index contributed by atoms with van der Waals surface area (Å²) in [6, 6.07) is 9.19. The molecule has 2 unspecified atom stereocenters. The van der Waals surface area contributed by atoms with E-state index in [1.54, 1.807) is 12.1 Å². The van der Waals surface area contributed by atoms with Crippen molar-refractivity contribution in [3.05, 3.63) is 35.9 Å². The largest absolute Gasteiger partial charge is 0.348 e. The van der Waals surface area contributed by atoms with Gasteiger partial charge in [-0.05, 0) is 18.6 Å². The molecule has 15 heavy (non-hydrogen) atoms. The van der Waals surface area contributed by atoms with Gasteiger partial charge < -0.3 is 5.32 Å². The molecule has 1 aliphatic heterocycles. The van der Waals surface area contributed by atoms with E-state index in [-0.39, 0.29) is 11.9 Å². The first-order valence-corrected chi connectivity index (χ1v) is 6.45. The highest BCUT2D eigenvalue weighted by atomic mass is 32.2. The van der Waals surface area contributed by atoms with Crippen LogP contribution in [-0.2, 0) is 10.8 Å². The number of benzene rings is 1. The number of rotatable bonds is 2. The van der Waals surface area contributed by atoms with Gasteiger partial charge in [0.15, 0.2) is 0 Å². The minimum atomic E-state index is -0.740. The van der Waals surface area contributed by atoms with Gasteiger partial charge in [-0.1, -0.05) is 18.2 Å². The summed E-state index contributed by atoms with van der Waals surface area (Å²) in [5.41, 5.74) is 0.662. The maximum Gasteiger partial charge on any atom is 0.251 e. The van der Waals surface area contributed by atoms with Crippen molar-refractivity contribution in [2.24, 2.45) is 0 Å². The summed E-state index contributed by atoms with van der Waals surface area (Å²) >= 11 is 0. The van der Waals surface area contributed by atoms with Gasteiger partial charge >= 0.3 is 0 Å². The van der Waals surface area contributed by atoms with Gasteiger partial charge in [0.25, 0.3) is 5.91 Å². The molecule has 1 N–H and O–H groups in total. The maximum absolute atomic E-state index is 11.7. The van der Waals surface area contributed by atoms with Crippen molar-refractivity contribution in [1.29, 1.82) is 0 Å². The molecule has 4 heteroatoms. The van der Waals surface area contributed by atoms with E-state index < -0.39 is 10.8 Å². The minimum Gasteiger partial charge on any atom is -0.348 e. The van der Waals surface area contributed by atoms with Crippen LogP contribution in [-0.4, -0.2) is 27.7 Å². The zero-order valence-electron chi connectivity index (χ0n) is 8.31. The number of carbonyl (C=O) groups excluding carboxylic acids is 1. The fourth-order valence-corrected chi connectivity index (χ4v) is 3.05. The molecule has 1 aliphatic rings. The summed E-state index contributed by atoms with van der Waals surface area (Å²) < 4.78 is 11.1. The summed E-state index contributed by atoms with van der Waals surface area (Å²) in [5, 5.41) is 2.89. The molecule has 1 fully saturated rings. The summed E-state index contributed by atoms with van der Waals surface area (Å²) in [7, 11) is -0.740. The summed E-state index contributed by atoms with van der Waals surface area (Å²) in [6.07, 6.45) is 0.825. The highest BCUT2D eigenvalue weighted by molar-refractivity contribution is 7.85. The van der Waals surface area contributed by atoms with E-state index in [0.717, 1.165) is 6.42 Å². The normalized spacial score (nSPS) is 25.1. The molecule has 1 amide bonds. The highest BCUT2D eigenvalue weighted by Gasteiger charge is 2.22. The average molecular weight is 223 g/mol. The second-order valence-electron chi connectivity index (χ2n) is 3.64. The third-order valence-corrected chi connectivity index (χ3v) is 3.92. The molecule has 2 atom stereocenters. The SMILES string of the molecule is O=C(NC1CCS(=O)C1)c1ccccc1. The Balaban J connectivity index is 1.96. The Morgan fingerprint density at radius 3 is 2.67 bits per heavy atom. The van der Waals surface area contributed by atoms with E-state index in [2.05, 4.69) is 5.32 Å². The lowest BCUT2D eigenvalue weighted by molar-refractivity contribution is 0.0941. The first-order chi connectivity index (χ1) is 7.25. The van der Waals surface area contributed by atoms with Crippen molar-refractivity contribution in [1.82, 2.24) is 5.32 Å². The Hall–Kier alpha value is -1.16. The monoisotopic (exact) mass is 223 g/mol. The van der Waals surface area contributed by atoms with E-state index >= 15 is 0 Å². The van der Waals surface area contributed by atoms with Gasteiger partial charge in [0, 0.05) is 33.9 Å². The van der Waals surface area contributed by atoms with Crippen LogP contribution in [0.15, 0.2) is 30.3 Å². The lowest BCUT2D eigenvalue weighted by atomic mass is 10.2. The molecular weight excluding hydrogens is 210 g/mol. The average Bonchev–Trinajstić information content (AvgIpc) is 2.65. The topological polar surface area (TPSA) is 46.2 Å². The standard InChI is InChI=1S/C11H13NO2S/c13-11(9-4-2-1-3-5-9)12-10-6-7-15(14)8-10/h1-5,10H,6-8H2,(H,12,13). The zero-order valence-corrected chi connectivity index (χ0v) is 9.13. The van der Waals surface area contributed by atoms with Gasteiger partial charge in [-0.3, -0.25) is 9.00 Å². The highest BCUT2D eigenvalue weighted by Crippen LogP contribution is 2.08. The van der Waals surface area contributed by atoms with Crippen LogP contribution in [0.2, 0.25) is 0 Å². The van der Waals surface area contributed by atoms with Crippen LogP contribution >= 0.6 is 0 Å². The summed E-state index contributed by atoms with van der Waals surface area (Å²) in [6.45, 7) is 0. The molecule has 0 bridgehead atoms. The third-order valence-electron chi connectivity index (χ3n) is 2.45.